The van der Waals surface area contributed by atoms with Crippen LogP contribution in [0.5, 0.6) is 0 Å². The highest BCUT2D eigenvalue weighted by Crippen LogP contribution is 2.23. The zero-order valence-electron chi connectivity index (χ0n) is 10.7. The predicted molar refractivity (Wildman–Crippen MR) is 67.0 cm³/mol. The Labute approximate surface area is 107 Å². The number of hydrogen-bond acceptors (Lipinski definition) is 3. The molecule has 0 amide bonds. The van der Waals surface area contributed by atoms with Crippen molar-refractivity contribution >= 4 is 10.0 Å². The molecule has 0 aliphatic heterocycles. The molecule has 1 aromatic carbocycles. The van der Waals surface area contributed by atoms with Crippen LogP contribution in [-0.4, -0.2) is 30.4 Å². The van der Waals surface area contributed by atoms with Gasteiger partial charge in [-0.2, -0.15) is 4.31 Å². The van der Waals surface area contributed by atoms with Crippen LogP contribution in [0, 0.1) is 5.82 Å². The molecule has 0 unspecified atom stereocenters. The lowest BCUT2D eigenvalue weighted by Crippen LogP contribution is -2.37. The number of rotatable bonds is 5. The molecule has 0 spiro atoms. The van der Waals surface area contributed by atoms with Crippen molar-refractivity contribution < 1.29 is 17.9 Å². The van der Waals surface area contributed by atoms with E-state index in [1.807, 2.05) is 0 Å². The summed E-state index contributed by atoms with van der Waals surface area (Å²) in [6.45, 7) is 5.07. The van der Waals surface area contributed by atoms with Gasteiger partial charge in [-0.3, -0.25) is 0 Å². The minimum atomic E-state index is -3.78. The summed E-state index contributed by atoms with van der Waals surface area (Å²) in [5, 5.41) is 9.16. The van der Waals surface area contributed by atoms with Crippen molar-refractivity contribution in [3.63, 3.8) is 0 Å². The smallest absolute Gasteiger partial charge is 0.243 e. The average molecular weight is 275 g/mol. The Morgan fingerprint density at radius 3 is 2.44 bits per heavy atom. The molecule has 18 heavy (non-hydrogen) atoms. The van der Waals surface area contributed by atoms with Crippen LogP contribution in [0.2, 0.25) is 0 Å². The van der Waals surface area contributed by atoms with Crippen LogP contribution in [0.1, 0.15) is 26.3 Å². The second-order valence-corrected chi connectivity index (χ2v) is 6.07. The first-order valence-electron chi connectivity index (χ1n) is 5.75. The van der Waals surface area contributed by atoms with Gasteiger partial charge in [-0.05, 0) is 31.5 Å². The van der Waals surface area contributed by atoms with Crippen molar-refractivity contribution in [1.82, 2.24) is 4.31 Å². The van der Waals surface area contributed by atoms with E-state index < -0.39 is 22.4 Å². The molecule has 0 heterocycles. The Balaban J connectivity index is 3.39. The monoisotopic (exact) mass is 275 g/mol. The first-order valence-corrected chi connectivity index (χ1v) is 7.19. The Hall–Kier alpha value is -0.980. The third-order valence-electron chi connectivity index (χ3n) is 2.67. The van der Waals surface area contributed by atoms with Crippen LogP contribution in [0.4, 0.5) is 4.39 Å². The van der Waals surface area contributed by atoms with Gasteiger partial charge in [-0.15, -0.1) is 0 Å². The van der Waals surface area contributed by atoms with Crippen LogP contribution in [0.3, 0.4) is 0 Å². The third-order valence-corrected chi connectivity index (χ3v) is 4.91. The summed E-state index contributed by atoms with van der Waals surface area (Å²) >= 11 is 0. The topological polar surface area (TPSA) is 57.6 Å². The fourth-order valence-corrected chi connectivity index (χ4v) is 3.71. The zero-order valence-corrected chi connectivity index (χ0v) is 11.5. The normalized spacial score (nSPS) is 12.4. The number of nitrogens with zero attached hydrogens (tertiary/aromatic N) is 1. The summed E-state index contributed by atoms with van der Waals surface area (Å²) in [6, 6.07) is 3.15. The van der Waals surface area contributed by atoms with Crippen LogP contribution in [0.25, 0.3) is 0 Å². The minimum absolute atomic E-state index is 0.166. The van der Waals surface area contributed by atoms with Gasteiger partial charge in [0, 0.05) is 12.6 Å². The first-order chi connectivity index (χ1) is 8.34. The Morgan fingerprint density at radius 1 is 1.39 bits per heavy atom. The van der Waals surface area contributed by atoms with E-state index in [4.69, 9.17) is 5.11 Å². The van der Waals surface area contributed by atoms with Gasteiger partial charge in [0.15, 0.2) is 0 Å². The highest BCUT2D eigenvalue weighted by Gasteiger charge is 2.28. The SMILES string of the molecule is CCN(C(C)C)S(=O)(=O)c1cc(F)ccc1CO. The zero-order chi connectivity index (χ0) is 13.9. The highest BCUT2D eigenvalue weighted by molar-refractivity contribution is 7.89. The van der Waals surface area contributed by atoms with Crippen LogP contribution in [-0.2, 0) is 16.6 Å². The molecule has 6 heteroatoms. The van der Waals surface area contributed by atoms with Gasteiger partial charge in [0.25, 0.3) is 0 Å². The summed E-state index contributed by atoms with van der Waals surface area (Å²) in [5.41, 5.74) is 0.204. The molecule has 0 atom stereocenters. The van der Waals surface area contributed by atoms with Crippen LogP contribution >= 0.6 is 0 Å². The quantitative estimate of drug-likeness (QED) is 0.890. The summed E-state index contributed by atoms with van der Waals surface area (Å²) in [5.74, 6) is -0.634. The Bertz CT molecular complexity index is 514. The largest absolute Gasteiger partial charge is 0.392 e. The van der Waals surface area contributed by atoms with E-state index in [2.05, 4.69) is 0 Å². The summed E-state index contributed by atoms with van der Waals surface area (Å²) < 4.78 is 39.3. The predicted octanol–water partition coefficient (Wildman–Crippen LogP) is 1.74. The number of hydrogen-bond donors (Lipinski definition) is 1. The van der Waals surface area contributed by atoms with Crippen molar-refractivity contribution in [1.29, 1.82) is 0 Å². The molecule has 1 aromatic rings. The minimum Gasteiger partial charge on any atom is -0.392 e. The maximum atomic E-state index is 13.2. The maximum absolute atomic E-state index is 13.2. The number of sulfonamides is 1. The van der Waals surface area contributed by atoms with E-state index in [-0.39, 0.29) is 16.5 Å². The van der Waals surface area contributed by atoms with Gasteiger partial charge in [-0.25, -0.2) is 12.8 Å². The highest BCUT2D eigenvalue weighted by atomic mass is 32.2. The molecule has 0 bridgehead atoms. The molecule has 0 aliphatic carbocycles. The second-order valence-electron chi connectivity index (χ2n) is 4.21. The van der Waals surface area contributed by atoms with Gasteiger partial charge in [0.2, 0.25) is 10.0 Å². The number of benzene rings is 1. The lowest BCUT2D eigenvalue weighted by Gasteiger charge is -2.25. The van der Waals surface area contributed by atoms with E-state index in [9.17, 15) is 12.8 Å². The van der Waals surface area contributed by atoms with E-state index in [1.165, 1.54) is 10.4 Å². The van der Waals surface area contributed by atoms with E-state index >= 15 is 0 Å². The molecule has 0 saturated carbocycles. The summed E-state index contributed by atoms with van der Waals surface area (Å²) in [4.78, 5) is -0.166. The average Bonchev–Trinajstić information content (AvgIpc) is 2.28. The van der Waals surface area contributed by atoms with Crippen molar-refractivity contribution in [2.45, 2.75) is 38.3 Å². The van der Waals surface area contributed by atoms with Crippen molar-refractivity contribution in [3.8, 4) is 0 Å². The molecule has 1 N–H and O–H groups in total. The lowest BCUT2D eigenvalue weighted by atomic mass is 10.2. The molecule has 102 valence electrons. The molecule has 0 aliphatic rings. The van der Waals surface area contributed by atoms with Crippen LogP contribution in [0.15, 0.2) is 23.1 Å². The van der Waals surface area contributed by atoms with Crippen LogP contribution < -0.4 is 0 Å². The second kappa shape index (κ2) is 5.77. The molecule has 0 saturated heterocycles. The van der Waals surface area contributed by atoms with Gasteiger partial charge < -0.3 is 5.11 Å². The molecular weight excluding hydrogens is 257 g/mol. The van der Waals surface area contributed by atoms with Gasteiger partial charge in [-0.1, -0.05) is 13.0 Å². The lowest BCUT2D eigenvalue weighted by molar-refractivity contribution is 0.277. The maximum Gasteiger partial charge on any atom is 0.243 e. The number of halogens is 1. The van der Waals surface area contributed by atoms with Crippen molar-refractivity contribution in [2.24, 2.45) is 0 Å². The van der Waals surface area contributed by atoms with Crippen molar-refractivity contribution in [2.75, 3.05) is 6.54 Å². The fraction of sp³-hybridized carbons (Fsp3) is 0.500. The molecular formula is C12H18FNO3S. The first kappa shape index (κ1) is 15.1. The fourth-order valence-electron chi connectivity index (χ4n) is 1.84. The molecule has 0 aromatic heterocycles. The van der Waals surface area contributed by atoms with Gasteiger partial charge in [0.05, 0.1) is 11.5 Å². The van der Waals surface area contributed by atoms with Crippen molar-refractivity contribution in [3.05, 3.63) is 29.6 Å². The Kier molecular flexibility index (Phi) is 4.84. The van der Waals surface area contributed by atoms with Gasteiger partial charge in [0.1, 0.15) is 5.82 Å². The molecule has 0 radical (unpaired) electrons. The molecule has 0 fully saturated rings. The summed E-state index contributed by atoms with van der Waals surface area (Å²) in [6.07, 6.45) is 0. The standard InChI is InChI=1S/C12H18FNO3S/c1-4-14(9(2)3)18(16,17)12-7-11(13)6-5-10(12)8-15/h5-7,9,15H,4,8H2,1-3H3. The van der Waals surface area contributed by atoms with E-state index in [1.54, 1.807) is 20.8 Å². The number of aliphatic hydroxyl groups excluding tert-OH is 1. The van der Waals surface area contributed by atoms with E-state index in [0.717, 1.165) is 12.1 Å². The Morgan fingerprint density at radius 2 is 2.00 bits per heavy atom. The number of aliphatic hydroxyl groups is 1. The molecule has 1 rings (SSSR count). The molecule has 4 nitrogen and oxygen atoms in total. The third kappa shape index (κ3) is 2.88. The summed E-state index contributed by atoms with van der Waals surface area (Å²) in [7, 11) is -3.78. The van der Waals surface area contributed by atoms with Gasteiger partial charge >= 0.3 is 0 Å². The van der Waals surface area contributed by atoms with E-state index in [0.29, 0.717) is 6.54 Å².